The minimum atomic E-state index is -0.739. The molecule has 0 radical (unpaired) electrons. The van der Waals surface area contributed by atoms with Gasteiger partial charge in [-0.2, -0.15) is 0 Å². The zero-order valence-corrected chi connectivity index (χ0v) is 19.1. The molecule has 0 unspecified atom stereocenters. The summed E-state index contributed by atoms with van der Waals surface area (Å²) in [4.78, 5) is 0. The summed E-state index contributed by atoms with van der Waals surface area (Å²) in [6, 6.07) is 9.22. The Morgan fingerprint density at radius 3 is 2.25 bits per heavy atom. The maximum atomic E-state index is 13.3. The maximum Gasteiger partial charge on any atom is 0.159 e. The molecule has 3 heteroatoms. The van der Waals surface area contributed by atoms with Crippen LogP contribution in [0.4, 0.5) is 8.78 Å². The van der Waals surface area contributed by atoms with Crippen LogP contribution >= 0.6 is 0 Å². The summed E-state index contributed by atoms with van der Waals surface area (Å²) in [7, 11) is -0.345. The summed E-state index contributed by atoms with van der Waals surface area (Å²) in [5, 5.41) is 0. The molecule has 0 atom stereocenters. The smallest absolute Gasteiger partial charge is 0.159 e. The Morgan fingerprint density at radius 1 is 0.857 bits per heavy atom. The van der Waals surface area contributed by atoms with E-state index in [0.717, 1.165) is 36.2 Å². The van der Waals surface area contributed by atoms with Crippen molar-refractivity contribution in [3.05, 3.63) is 35.4 Å². The van der Waals surface area contributed by atoms with Crippen molar-refractivity contribution in [1.29, 1.82) is 0 Å². The van der Waals surface area contributed by atoms with Crippen LogP contribution in [0.15, 0.2) is 18.2 Å². The van der Waals surface area contributed by atoms with Gasteiger partial charge < -0.3 is 0 Å². The maximum absolute atomic E-state index is 13.3. The van der Waals surface area contributed by atoms with Gasteiger partial charge in [0, 0.05) is 8.80 Å². The Kier molecular flexibility index (Phi) is 9.01. The zero-order chi connectivity index (χ0) is 19.8. The first kappa shape index (κ1) is 22.0. The van der Waals surface area contributed by atoms with Crippen LogP contribution in [0, 0.1) is 29.4 Å². The van der Waals surface area contributed by atoms with E-state index in [0.29, 0.717) is 0 Å². The molecule has 3 rings (SSSR count). The fourth-order valence-corrected chi connectivity index (χ4v) is 9.50. The molecule has 0 bridgehead atoms. The van der Waals surface area contributed by atoms with Crippen LogP contribution in [0.1, 0.15) is 83.1 Å². The number of hydrogen-bond donors (Lipinski definition) is 0. The molecule has 0 N–H and O–H groups in total. The van der Waals surface area contributed by atoms with Gasteiger partial charge >= 0.3 is 0 Å². The lowest BCUT2D eigenvalue weighted by Gasteiger charge is -2.37. The van der Waals surface area contributed by atoms with E-state index < -0.39 is 11.6 Å². The minimum absolute atomic E-state index is 0.345. The SMILES string of the molecule is CCCC[Si@H]1CC[C@H]([C@H]2CC[C@H](CCCCc3ccc(F)c(F)c3)CC2)CC1. The molecule has 28 heavy (non-hydrogen) atoms. The van der Waals surface area contributed by atoms with Crippen LogP contribution < -0.4 is 0 Å². The van der Waals surface area contributed by atoms with Crippen LogP contribution in [0.25, 0.3) is 0 Å². The van der Waals surface area contributed by atoms with Crippen LogP contribution in [0.3, 0.4) is 0 Å². The summed E-state index contributed by atoms with van der Waals surface area (Å²) in [5.41, 5.74) is 0.931. The predicted octanol–water partition coefficient (Wildman–Crippen LogP) is 7.92. The average molecular weight is 407 g/mol. The normalized spacial score (nSPS) is 28.4. The molecule has 1 heterocycles. The van der Waals surface area contributed by atoms with E-state index in [1.165, 1.54) is 63.5 Å². The van der Waals surface area contributed by atoms with E-state index >= 15 is 0 Å². The van der Waals surface area contributed by atoms with Crippen LogP contribution in [0.2, 0.25) is 18.1 Å². The second kappa shape index (κ2) is 11.5. The molecule has 158 valence electrons. The quantitative estimate of drug-likeness (QED) is 0.288. The largest absolute Gasteiger partial charge is 0.204 e. The second-order valence-corrected chi connectivity index (χ2v) is 13.2. The summed E-state index contributed by atoms with van der Waals surface area (Å²) in [5.74, 6) is 1.55. The summed E-state index contributed by atoms with van der Waals surface area (Å²) >= 11 is 0. The highest BCUT2D eigenvalue weighted by Crippen LogP contribution is 2.42. The molecule has 2 fully saturated rings. The van der Waals surface area contributed by atoms with E-state index in [-0.39, 0.29) is 8.80 Å². The van der Waals surface area contributed by atoms with Gasteiger partial charge in [0.15, 0.2) is 11.6 Å². The van der Waals surface area contributed by atoms with Crippen molar-refractivity contribution in [2.45, 2.75) is 102 Å². The number of rotatable bonds is 9. The molecule has 2 aliphatic rings. The molecule has 0 aromatic heterocycles. The lowest BCUT2D eigenvalue weighted by Crippen LogP contribution is -2.28. The topological polar surface area (TPSA) is 0 Å². The van der Waals surface area contributed by atoms with Gasteiger partial charge in [-0.25, -0.2) is 8.78 Å². The van der Waals surface area contributed by atoms with Gasteiger partial charge in [0.05, 0.1) is 0 Å². The standard InChI is InChI=1S/C25H40F2Si/c1-2-3-16-28-17-14-23(15-18-28)22-11-8-20(9-12-22)6-4-5-7-21-10-13-24(26)25(27)19-21/h10,13,19-20,22-23,28H,2-9,11-12,14-18H2,1H3/t20-,22-,23-,28-. The Hall–Kier alpha value is -0.703. The molecular weight excluding hydrogens is 366 g/mol. The van der Waals surface area contributed by atoms with Gasteiger partial charge in [-0.15, -0.1) is 0 Å². The molecule has 1 saturated heterocycles. The molecule has 1 aromatic carbocycles. The van der Waals surface area contributed by atoms with Gasteiger partial charge in [0.1, 0.15) is 0 Å². The zero-order valence-electron chi connectivity index (χ0n) is 17.9. The number of aryl methyl sites for hydroxylation is 1. The first-order valence-electron chi connectivity index (χ1n) is 12.1. The third-order valence-electron chi connectivity index (χ3n) is 7.73. The third kappa shape index (κ3) is 6.68. The van der Waals surface area contributed by atoms with Gasteiger partial charge in [-0.1, -0.05) is 82.5 Å². The van der Waals surface area contributed by atoms with Gasteiger partial charge in [0.2, 0.25) is 0 Å². The summed E-state index contributed by atoms with van der Waals surface area (Å²) in [6.07, 6.45) is 16.3. The predicted molar refractivity (Wildman–Crippen MR) is 119 cm³/mol. The lowest BCUT2D eigenvalue weighted by molar-refractivity contribution is 0.184. The van der Waals surface area contributed by atoms with Crippen molar-refractivity contribution in [3.63, 3.8) is 0 Å². The molecule has 0 spiro atoms. The Balaban J connectivity index is 1.28. The van der Waals surface area contributed by atoms with Crippen molar-refractivity contribution >= 4 is 8.80 Å². The Bertz CT molecular complexity index is 572. The van der Waals surface area contributed by atoms with Crippen LogP contribution in [-0.4, -0.2) is 8.80 Å². The first-order chi connectivity index (χ1) is 13.7. The van der Waals surface area contributed by atoms with E-state index in [1.54, 1.807) is 37.0 Å². The number of benzene rings is 1. The van der Waals surface area contributed by atoms with E-state index in [4.69, 9.17) is 0 Å². The Morgan fingerprint density at radius 2 is 1.57 bits per heavy atom. The fraction of sp³-hybridized carbons (Fsp3) is 0.760. The average Bonchev–Trinajstić information content (AvgIpc) is 2.73. The van der Waals surface area contributed by atoms with Gasteiger partial charge in [0.25, 0.3) is 0 Å². The third-order valence-corrected chi connectivity index (χ3v) is 11.3. The molecule has 1 aliphatic heterocycles. The van der Waals surface area contributed by atoms with Gasteiger partial charge in [-0.05, 0) is 61.1 Å². The highest BCUT2D eigenvalue weighted by molar-refractivity contribution is 6.58. The van der Waals surface area contributed by atoms with Crippen LogP contribution in [0.5, 0.6) is 0 Å². The highest BCUT2D eigenvalue weighted by atomic mass is 28.3. The summed E-state index contributed by atoms with van der Waals surface area (Å²) in [6.45, 7) is 2.33. The number of hydrogen-bond acceptors (Lipinski definition) is 0. The van der Waals surface area contributed by atoms with E-state index in [1.807, 2.05) is 0 Å². The monoisotopic (exact) mass is 406 g/mol. The first-order valence-corrected chi connectivity index (χ1v) is 14.5. The number of halogens is 2. The van der Waals surface area contributed by atoms with E-state index in [2.05, 4.69) is 6.92 Å². The van der Waals surface area contributed by atoms with Crippen molar-refractivity contribution in [3.8, 4) is 0 Å². The van der Waals surface area contributed by atoms with Crippen molar-refractivity contribution in [2.75, 3.05) is 0 Å². The lowest BCUT2D eigenvalue weighted by atomic mass is 9.73. The fourth-order valence-electron chi connectivity index (χ4n) is 5.85. The molecule has 0 amide bonds. The highest BCUT2D eigenvalue weighted by Gasteiger charge is 2.30. The van der Waals surface area contributed by atoms with Crippen LogP contribution in [-0.2, 0) is 6.42 Å². The second-order valence-electron chi connectivity index (χ2n) is 9.70. The molecule has 0 nitrogen and oxygen atoms in total. The number of unbranched alkanes of at least 4 members (excludes halogenated alkanes) is 2. The van der Waals surface area contributed by atoms with Crippen molar-refractivity contribution in [1.82, 2.24) is 0 Å². The minimum Gasteiger partial charge on any atom is -0.204 e. The van der Waals surface area contributed by atoms with E-state index in [9.17, 15) is 8.78 Å². The molecular formula is C25H40F2Si. The summed E-state index contributed by atoms with van der Waals surface area (Å²) < 4.78 is 26.3. The molecule has 1 saturated carbocycles. The van der Waals surface area contributed by atoms with Crippen molar-refractivity contribution in [2.24, 2.45) is 17.8 Å². The molecule has 1 aromatic rings. The molecule has 1 aliphatic carbocycles. The van der Waals surface area contributed by atoms with Gasteiger partial charge in [-0.3, -0.25) is 0 Å². The van der Waals surface area contributed by atoms with Crippen molar-refractivity contribution < 1.29 is 8.78 Å². The Labute approximate surface area is 173 Å².